The van der Waals surface area contributed by atoms with Gasteiger partial charge in [0, 0.05) is 31.9 Å². The Morgan fingerprint density at radius 1 is 1.36 bits per heavy atom. The van der Waals surface area contributed by atoms with Gasteiger partial charge in [-0.25, -0.2) is 0 Å². The van der Waals surface area contributed by atoms with Crippen molar-refractivity contribution >= 4 is 11.6 Å². The van der Waals surface area contributed by atoms with E-state index < -0.39 is 0 Å². The van der Waals surface area contributed by atoms with E-state index in [1.807, 2.05) is 0 Å². The quantitative estimate of drug-likeness (QED) is 0.505. The molecule has 122 valence electrons. The molecule has 0 aliphatic carbocycles. The molecular weight excluding hydrogens is 276 g/mol. The lowest BCUT2D eigenvalue weighted by Gasteiger charge is -2.23. The maximum Gasteiger partial charge on any atom is 0.243 e. The molecule has 0 unspecified atom stereocenters. The molecule has 0 atom stereocenters. The number of nitrogens with one attached hydrogen (secondary N) is 1. The average molecular weight is 304 g/mol. The van der Waals surface area contributed by atoms with Crippen molar-refractivity contribution in [1.29, 1.82) is 0 Å². The van der Waals surface area contributed by atoms with Gasteiger partial charge in [-0.15, -0.1) is 0 Å². The van der Waals surface area contributed by atoms with Gasteiger partial charge in [0.05, 0.1) is 6.61 Å². The second-order valence-electron chi connectivity index (χ2n) is 5.23. The Bertz CT molecular complexity index is 460. The molecule has 0 spiro atoms. The van der Waals surface area contributed by atoms with Crippen molar-refractivity contribution in [3.8, 4) is 0 Å². The lowest BCUT2D eigenvalue weighted by molar-refractivity contribution is -0.116. The molecule has 0 aliphatic heterocycles. The molecule has 4 nitrogen and oxygen atoms in total. The molecule has 1 N–H and O–H groups in total. The van der Waals surface area contributed by atoms with Crippen molar-refractivity contribution in [2.75, 3.05) is 37.7 Å². The van der Waals surface area contributed by atoms with Crippen molar-refractivity contribution < 1.29 is 9.53 Å². The monoisotopic (exact) mass is 304 g/mol. The molecule has 0 bridgehead atoms. The molecule has 1 aromatic rings. The van der Waals surface area contributed by atoms with E-state index in [2.05, 4.69) is 54.9 Å². The maximum absolute atomic E-state index is 10.9. The van der Waals surface area contributed by atoms with Crippen LogP contribution in [0.4, 0.5) is 5.69 Å². The summed E-state index contributed by atoms with van der Waals surface area (Å²) in [5.74, 6) is -0.113. The molecule has 22 heavy (non-hydrogen) atoms. The van der Waals surface area contributed by atoms with Crippen molar-refractivity contribution in [2.45, 2.75) is 26.7 Å². The first-order chi connectivity index (χ1) is 10.7. The van der Waals surface area contributed by atoms with Crippen LogP contribution in [0, 0.1) is 6.92 Å². The van der Waals surface area contributed by atoms with Gasteiger partial charge in [0.1, 0.15) is 0 Å². The van der Waals surface area contributed by atoms with Crippen LogP contribution >= 0.6 is 0 Å². The molecule has 0 fully saturated rings. The fourth-order valence-corrected chi connectivity index (χ4v) is 2.18. The van der Waals surface area contributed by atoms with Gasteiger partial charge in [-0.2, -0.15) is 0 Å². The smallest absolute Gasteiger partial charge is 0.243 e. The zero-order chi connectivity index (χ0) is 16.2. The van der Waals surface area contributed by atoms with Crippen LogP contribution in [0.2, 0.25) is 0 Å². The third-order valence-electron chi connectivity index (χ3n) is 3.45. The SMILES string of the molecule is C=CC(=O)NCCCCOCCN(CC)c1cccc(C)c1. The molecular formula is C18H28N2O2. The van der Waals surface area contributed by atoms with Crippen LogP contribution in [-0.2, 0) is 9.53 Å². The predicted molar refractivity (Wildman–Crippen MR) is 92.3 cm³/mol. The molecule has 0 heterocycles. The summed E-state index contributed by atoms with van der Waals surface area (Å²) in [7, 11) is 0. The van der Waals surface area contributed by atoms with Gasteiger partial charge >= 0.3 is 0 Å². The van der Waals surface area contributed by atoms with Gasteiger partial charge in [0.2, 0.25) is 5.91 Å². The minimum Gasteiger partial charge on any atom is -0.380 e. The highest BCUT2D eigenvalue weighted by Gasteiger charge is 2.03. The van der Waals surface area contributed by atoms with Crippen LogP contribution in [0.5, 0.6) is 0 Å². The zero-order valence-corrected chi connectivity index (χ0v) is 13.8. The molecule has 0 radical (unpaired) electrons. The van der Waals surface area contributed by atoms with Crippen molar-refractivity contribution in [3.63, 3.8) is 0 Å². The third-order valence-corrected chi connectivity index (χ3v) is 3.45. The Kier molecular flexibility index (Phi) is 9.00. The van der Waals surface area contributed by atoms with E-state index in [4.69, 9.17) is 4.74 Å². The van der Waals surface area contributed by atoms with Crippen LogP contribution in [0.3, 0.4) is 0 Å². The normalized spacial score (nSPS) is 10.3. The summed E-state index contributed by atoms with van der Waals surface area (Å²) in [4.78, 5) is 13.3. The second-order valence-corrected chi connectivity index (χ2v) is 5.23. The summed E-state index contributed by atoms with van der Waals surface area (Å²) in [5, 5.41) is 2.76. The Morgan fingerprint density at radius 3 is 2.86 bits per heavy atom. The Hall–Kier alpha value is -1.81. The van der Waals surface area contributed by atoms with Crippen LogP contribution in [-0.4, -0.2) is 38.8 Å². The van der Waals surface area contributed by atoms with Crippen LogP contribution in [0.25, 0.3) is 0 Å². The van der Waals surface area contributed by atoms with E-state index in [0.717, 1.165) is 39.1 Å². The number of nitrogens with zero attached hydrogens (tertiary/aromatic N) is 1. The highest BCUT2D eigenvalue weighted by molar-refractivity contribution is 5.86. The highest BCUT2D eigenvalue weighted by atomic mass is 16.5. The van der Waals surface area contributed by atoms with Crippen molar-refractivity contribution in [1.82, 2.24) is 5.32 Å². The van der Waals surface area contributed by atoms with E-state index in [0.29, 0.717) is 6.54 Å². The maximum atomic E-state index is 10.9. The summed E-state index contributed by atoms with van der Waals surface area (Å²) in [6.07, 6.45) is 3.17. The van der Waals surface area contributed by atoms with E-state index in [1.54, 1.807) is 0 Å². The minimum atomic E-state index is -0.113. The van der Waals surface area contributed by atoms with Crippen LogP contribution in [0.1, 0.15) is 25.3 Å². The number of likely N-dealkylation sites (N-methyl/N-ethyl adjacent to an activating group) is 1. The first-order valence-electron chi connectivity index (χ1n) is 7.97. The van der Waals surface area contributed by atoms with Gasteiger partial charge in [-0.05, 0) is 50.5 Å². The standard InChI is InChI=1S/C18H28N2O2/c1-4-18(21)19-11-6-7-13-22-14-12-20(5-2)17-10-8-9-16(3)15-17/h4,8-10,15H,1,5-7,11-14H2,2-3H3,(H,19,21). The minimum absolute atomic E-state index is 0.113. The molecule has 4 heteroatoms. The van der Waals surface area contributed by atoms with Gasteiger partial charge in [0.15, 0.2) is 0 Å². The first kappa shape index (κ1) is 18.2. The lowest BCUT2D eigenvalue weighted by Crippen LogP contribution is -2.27. The molecule has 1 rings (SSSR count). The number of aryl methyl sites for hydroxylation is 1. The number of amides is 1. The van der Waals surface area contributed by atoms with Crippen molar-refractivity contribution in [2.24, 2.45) is 0 Å². The van der Waals surface area contributed by atoms with Gasteiger partial charge in [-0.3, -0.25) is 4.79 Å². The summed E-state index contributed by atoms with van der Waals surface area (Å²) in [6, 6.07) is 8.54. The number of rotatable bonds is 11. The fraction of sp³-hybridized carbons (Fsp3) is 0.500. The number of unbranched alkanes of at least 4 members (excludes halogenated alkanes) is 1. The Balaban J connectivity index is 2.12. The van der Waals surface area contributed by atoms with E-state index >= 15 is 0 Å². The molecule has 1 aromatic carbocycles. The topological polar surface area (TPSA) is 41.6 Å². The zero-order valence-electron chi connectivity index (χ0n) is 13.8. The molecule has 0 saturated heterocycles. The summed E-state index contributed by atoms with van der Waals surface area (Å²) in [5.41, 5.74) is 2.52. The number of benzene rings is 1. The highest BCUT2D eigenvalue weighted by Crippen LogP contribution is 2.15. The Labute approximate surface area is 134 Å². The van der Waals surface area contributed by atoms with Gasteiger partial charge < -0.3 is 15.0 Å². The molecule has 0 aliphatic rings. The van der Waals surface area contributed by atoms with E-state index in [-0.39, 0.29) is 5.91 Å². The fourth-order valence-electron chi connectivity index (χ4n) is 2.18. The van der Waals surface area contributed by atoms with Crippen LogP contribution in [0.15, 0.2) is 36.9 Å². The second kappa shape index (κ2) is 10.9. The predicted octanol–water partition coefficient (Wildman–Crippen LogP) is 2.92. The van der Waals surface area contributed by atoms with Crippen molar-refractivity contribution in [3.05, 3.63) is 42.5 Å². The van der Waals surface area contributed by atoms with Gasteiger partial charge in [-0.1, -0.05) is 18.7 Å². The first-order valence-corrected chi connectivity index (χ1v) is 7.97. The van der Waals surface area contributed by atoms with Gasteiger partial charge in [0.25, 0.3) is 0 Å². The van der Waals surface area contributed by atoms with Crippen LogP contribution < -0.4 is 10.2 Å². The number of hydrogen-bond donors (Lipinski definition) is 1. The molecule has 0 aromatic heterocycles. The summed E-state index contributed by atoms with van der Waals surface area (Å²) < 4.78 is 5.68. The summed E-state index contributed by atoms with van der Waals surface area (Å²) >= 11 is 0. The number of ether oxygens (including phenoxy) is 1. The van der Waals surface area contributed by atoms with E-state index in [1.165, 1.54) is 17.3 Å². The molecule has 1 amide bonds. The molecule has 0 saturated carbocycles. The number of anilines is 1. The Morgan fingerprint density at radius 2 is 2.18 bits per heavy atom. The average Bonchev–Trinajstić information content (AvgIpc) is 2.53. The number of carbonyl (C=O) groups excluding carboxylic acids is 1. The third kappa shape index (κ3) is 7.27. The number of hydrogen-bond acceptors (Lipinski definition) is 3. The number of carbonyl (C=O) groups is 1. The largest absolute Gasteiger partial charge is 0.380 e. The van der Waals surface area contributed by atoms with E-state index in [9.17, 15) is 4.79 Å². The summed E-state index contributed by atoms with van der Waals surface area (Å²) in [6.45, 7) is 11.7. The lowest BCUT2D eigenvalue weighted by atomic mass is 10.2.